The zero-order valence-corrected chi connectivity index (χ0v) is 10.4. The SMILES string of the molecule is Cn1ncc(C(=O)O)c1NC(=O)Cc1cccs1. The number of aromatic nitrogens is 2. The smallest absolute Gasteiger partial charge is 0.341 e. The van der Waals surface area contributed by atoms with Crippen LogP contribution in [0.15, 0.2) is 23.7 Å². The highest BCUT2D eigenvalue weighted by molar-refractivity contribution is 7.10. The van der Waals surface area contributed by atoms with Crippen molar-refractivity contribution in [1.29, 1.82) is 0 Å². The first-order valence-electron chi connectivity index (χ1n) is 5.15. The molecule has 2 rings (SSSR count). The molecular formula is C11H11N3O3S. The second-order valence-electron chi connectivity index (χ2n) is 3.64. The van der Waals surface area contributed by atoms with Crippen LogP contribution in [-0.4, -0.2) is 26.8 Å². The molecular weight excluding hydrogens is 254 g/mol. The van der Waals surface area contributed by atoms with Gasteiger partial charge in [-0.05, 0) is 11.4 Å². The number of hydrogen-bond donors (Lipinski definition) is 2. The van der Waals surface area contributed by atoms with E-state index in [4.69, 9.17) is 5.11 Å². The molecule has 0 saturated carbocycles. The topological polar surface area (TPSA) is 84.2 Å². The Kier molecular flexibility index (Phi) is 3.42. The van der Waals surface area contributed by atoms with Crippen molar-refractivity contribution < 1.29 is 14.7 Å². The molecule has 94 valence electrons. The summed E-state index contributed by atoms with van der Waals surface area (Å²) in [5, 5.41) is 17.2. The molecule has 18 heavy (non-hydrogen) atoms. The normalized spacial score (nSPS) is 10.3. The molecule has 7 heteroatoms. The number of amides is 1. The van der Waals surface area contributed by atoms with E-state index in [9.17, 15) is 9.59 Å². The Hall–Kier alpha value is -2.15. The third-order valence-electron chi connectivity index (χ3n) is 2.34. The van der Waals surface area contributed by atoms with Crippen molar-refractivity contribution in [2.75, 3.05) is 5.32 Å². The van der Waals surface area contributed by atoms with Gasteiger partial charge in [0.05, 0.1) is 12.6 Å². The summed E-state index contributed by atoms with van der Waals surface area (Å²) in [5.74, 6) is -1.18. The van der Waals surface area contributed by atoms with E-state index in [1.54, 1.807) is 7.05 Å². The highest BCUT2D eigenvalue weighted by Gasteiger charge is 2.17. The van der Waals surface area contributed by atoms with E-state index in [1.807, 2.05) is 17.5 Å². The van der Waals surface area contributed by atoms with E-state index < -0.39 is 5.97 Å². The second kappa shape index (κ2) is 5.01. The minimum Gasteiger partial charge on any atom is -0.477 e. The van der Waals surface area contributed by atoms with Crippen LogP contribution in [0.5, 0.6) is 0 Å². The quantitative estimate of drug-likeness (QED) is 0.874. The number of nitrogens with zero attached hydrogens (tertiary/aromatic N) is 2. The molecule has 0 atom stereocenters. The predicted molar refractivity (Wildman–Crippen MR) is 66.8 cm³/mol. The minimum atomic E-state index is -1.12. The van der Waals surface area contributed by atoms with Crippen molar-refractivity contribution in [2.45, 2.75) is 6.42 Å². The lowest BCUT2D eigenvalue weighted by molar-refractivity contribution is -0.115. The van der Waals surface area contributed by atoms with Gasteiger partial charge in [-0.2, -0.15) is 5.10 Å². The molecule has 0 bridgehead atoms. The summed E-state index contributed by atoms with van der Waals surface area (Å²) < 4.78 is 1.33. The van der Waals surface area contributed by atoms with Gasteiger partial charge >= 0.3 is 5.97 Å². The number of carboxylic acids is 1. The minimum absolute atomic E-state index is 0.0166. The van der Waals surface area contributed by atoms with Gasteiger partial charge < -0.3 is 10.4 Å². The van der Waals surface area contributed by atoms with Gasteiger partial charge in [0.2, 0.25) is 5.91 Å². The van der Waals surface area contributed by atoms with Crippen LogP contribution in [0.2, 0.25) is 0 Å². The summed E-state index contributed by atoms with van der Waals surface area (Å²) in [5.41, 5.74) is -0.0166. The van der Waals surface area contributed by atoms with Gasteiger partial charge in [0.1, 0.15) is 11.4 Å². The van der Waals surface area contributed by atoms with Crippen molar-refractivity contribution in [3.63, 3.8) is 0 Å². The Morgan fingerprint density at radius 2 is 2.33 bits per heavy atom. The summed E-state index contributed by atoms with van der Waals surface area (Å²) in [6.45, 7) is 0. The van der Waals surface area contributed by atoms with Crippen molar-refractivity contribution in [2.24, 2.45) is 7.05 Å². The fourth-order valence-corrected chi connectivity index (χ4v) is 2.19. The molecule has 0 radical (unpaired) electrons. The lowest BCUT2D eigenvalue weighted by Crippen LogP contribution is -2.18. The number of anilines is 1. The van der Waals surface area contributed by atoms with Crippen molar-refractivity contribution in [3.05, 3.63) is 34.2 Å². The average Bonchev–Trinajstić information content (AvgIpc) is 2.90. The lowest BCUT2D eigenvalue weighted by Gasteiger charge is -2.05. The number of rotatable bonds is 4. The maximum atomic E-state index is 11.8. The van der Waals surface area contributed by atoms with Gasteiger partial charge in [0, 0.05) is 11.9 Å². The van der Waals surface area contributed by atoms with Gasteiger partial charge in [-0.3, -0.25) is 9.48 Å². The molecule has 0 unspecified atom stereocenters. The summed E-state index contributed by atoms with van der Waals surface area (Å²) >= 11 is 1.48. The Morgan fingerprint density at radius 3 is 2.94 bits per heavy atom. The van der Waals surface area contributed by atoms with Crippen LogP contribution >= 0.6 is 11.3 Å². The number of nitrogens with one attached hydrogen (secondary N) is 1. The van der Waals surface area contributed by atoms with Crippen LogP contribution in [-0.2, 0) is 18.3 Å². The number of aryl methyl sites for hydroxylation is 1. The van der Waals surface area contributed by atoms with Crippen LogP contribution in [0.4, 0.5) is 5.82 Å². The molecule has 2 N–H and O–H groups in total. The molecule has 0 saturated heterocycles. The van der Waals surface area contributed by atoms with Gasteiger partial charge in [-0.15, -0.1) is 11.3 Å². The van der Waals surface area contributed by atoms with Crippen molar-refractivity contribution >= 4 is 29.0 Å². The molecule has 2 heterocycles. The summed E-state index contributed by atoms with van der Waals surface area (Å²) in [7, 11) is 1.58. The molecule has 0 spiro atoms. The first kappa shape index (κ1) is 12.3. The van der Waals surface area contributed by atoms with Gasteiger partial charge in [-0.1, -0.05) is 6.07 Å². The molecule has 2 aromatic heterocycles. The number of thiophene rings is 1. The van der Waals surface area contributed by atoms with E-state index >= 15 is 0 Å². The Bertz CT molecular complexity index is 574. The second-order valence-corrected chi connectivity index (χ2v) is 4.67. The van der Waals surface area contributed by atoms with Gasteiger partial charge in [0.25, 0.3) is 0 Å². The maximum Gasteiger partial charge on any atom is 0.341 e. The summed E-state index contributed by atoms with van der Waals surface area (Å²) in [4.78, 5) is 23.6. The number of hydrogen-bond acceptors (Lipinski definition) is 4. The van der Waals surface area contributed by atoms with Crippen LogP contribution in [0, 0.1) is 0 Å². The van der Waals surface area contributed by atoms with Crippen LogP contribution in [0.3, 0.4) is 0 Å². The molecule has 2 aromatic rings. The van der Waals surface area contributed by atoms with E-state index in [0.717, 1.165) is 4.88 Å². The average molecular weight is 265 g/mol. The zero-order chi connectivity index (χ0) is 13.1. The van der Waals surface area contributed by atoms with Gasteiger partial charge in [-0.25, -0.2) is 4.79 Å². The summed E-state index contributed by atoms with van der Waals surface area (Å²) in [6, 6.07) is 3.71. The Labute approximate surface area is 107 Å². The first-order valence-corrected chi connectivity index (χ1v) is 6.03. The third-order valence-corrected chi connectivity index (χ3v) is 3.22. The number of aromatic carboxylic acids is 1. The lowest BCUT2D eigenvalue weighted by atomic mass is 10.3. The Morgan fingerprint density at radius 1 is 1.56 bits per heavy atom. The van der Waals surface area contributed by atoms with Gasteiger partial charge in [0.15, 0.2) is 0 Å². The predicted octanol–water partition coefficient (Wildman–Crippen LogP) is 1.36. The van der Waals surface area contributed by atoms with E-state index in [-0.39, 0.29) is 23.7 Å². The molecule has 0 fully saturated rings. The maximum absolute atomic E-state index is 11.8. The molecule has 1 amide bonds. The monoisotopic (exact) mass is 265 g/mol. The van der Waals surface area contributed by atoms with Crippen molar-refractivity contribution in [1.82, 2.24) is 9.78 Å². The third kappa shape index (κ3) is 2.57. The molecule has 6 nitrogen and oxygen atoms in total. The van der Waals surface area contributed by atoms with E-state index in [0.29, 0.717) is 0 Å². The zero-order valence-electron chi connectivity index (χ0n) is 9.58. The number of carboxylic acid groups (broad SMARTS) is 1. The highest BCUT2D eigenvalue weighted by atomic mass is 32.1. The Balaban J connectivity index is 2.11. The summed E-state index contributed by atoms with van der Waals surface area (Å²) in [6.07, 6.45) is 1.44. The number of carbonyl (C=O) groups excluding carboxylic acids is 1. The first-order chi connectivity index (χ1) is 8.58. The standard InChI is InChI=1S/C11H11N3O3S/c1-14-10(8(6-12-14)11(16)17)13-9(15)5-7-3-2-4-18-7/h2-4,6H,5H2,1H3,(H,13,15)(H,16,17). The van der Waals surface area contributed by atoms with Crippen LogP contribution < -0.4 is 5.32 Å². The molecule has 0 aliphatic rings. The largest absolute Gasteiger partial charge is 0.477 e. The molecule has 0 aliphatic carbocycles. The fraction of sp³-hybridized carbons (Fsp3) is 0.182. The molecule has 0 aliphatic heterocycles. The highest BCUT2D eigenvalue weighted by Crippen LogP contribution is 2.15. The van der Waals surface area contributed by atoms with Crippen LogP contribution in [0.1, 0.15) is 15.2 Å². The van der Waals surface area contributed by atoms with E-state index in [1.165, 1.54) is 22.2 Å². The van der Waals surface area contributed by atoms with Crippen LogP contribution in [0.25, 0.3) is 0 Å². The fourth-order valence-electron chi connectivity index (χ4n) is 1.49. The number of carbonyl (C=O) groups is 2. The van der Waals surface area contributed by atoms with Crippen molar-refractivity contribution in [3.8, 4) is 0 Å². The van der Waals surface area contributed by atoms with E-state index in [2.05, 4.69) is 10.4 Å². The molecule has 0 aromatic carbocycles.